The Balaban J connectivity index is 1.13. The molecule has 4 nitrogen and oxygen atoms in total. The molecule has 50 heavy (non-hydrogen) atoms. The molecule has 0 radical (unpaired) electrons. The van der Waals surface area contributed by atoms with Crippen molar-refractivity contribution in [2.24, 2.45) is 0 Å². The van der Waals surface area contributed by atoms with Crippen LogP contribution in [0.2, 0.25) is 0 Å². The largest absolute Gasteiger partial charge is 0.455 e. The minimum Gasteiger partial charge on any atom is -0.455 e. The van der Waals surface area contributed by atoms with Crippen molar-refractivity contribution in [3.63, 3.8) is 0 Å². The zero-order chi connectivity index (χ0) is 33.0. The lowest BCUT2D eigenvalue weighted by Crippen LogP contribution is -1.88. The van der Waals surface area contributed by atoms with Crippen molar-refractivity contribution in [1.82, 2.24) is 9.97 Å². The normalized spacial score (nSPS) is 11.6. The molecule has 0 spiro atoms. The van der Waals surface area contributed by atoms with E-state index in [-0.39, 0.29) is 0 Å². The van der Waals surface area contributed by atoms with E-state index in [0.717, 1.165) is 99.6 Å². The monoisotopic (exact) mass is 640 g/mol. The number of fused-ring (bicyclic) bond motifs is 6. The summed E-state index contributed by atoms with van der Waals surface area (Å²) >= 11 is 0. The summed E-state index contributed by atoms with van der Waals surface area (Å²) in [5.74, 6) is 0. The molecule has 0 saturated carbocycles. The Morgan fingerprint density at radius 1 is 0.340 bits per heavy atom. The van der Waals surface area contributed by atoms with E-state index in [1.807, 2.05) is 55.0 Å². The number of pyridine rings is 2. The van der Waals surface area contributed by atoms with Crippen LogP contribution in [0.3, 0.4) is 0 Å². The highest BCUT2D eigenvalue weighted by molar-refractivity contribution is 6.16. The van der Waals surface area contributed by atoms with Gasteiger partial charge < -0.3 is 8.83 Å². The maximum absolute atomic E-state index is 6.89. The summed E-state index contributed by atoms with van der Waals surface area (Å²) in [6, 6.07) is 52.8. The molecule has 6 aromatic carbocycles. The Morgan fingerprint density at radius 2 is 0.900 bits per heavy atom. The van der Waals surface area contributed by atoms with Crippen LogP contribution in [0.1, 0.15) is 0 Å². The molecule has 0 aliphatic rings. The minimum absolute atomic E-state index is 0.851. The van der Waals surface area contributed by atoms with Crippen molar-refractivity contribution in [3.8, 4) is 55.8 Å². The summed E-state index contributed by atoms with van der Waals surface area (Å²) in [6.45, 7) is 0. The molecule has 0 N–H and O–H groups in total. The van der Waals surface area contributed by atoms with E-state index in [4.69, 9.17) is 8.83 Å². The van der Waals surface area contributed by atoms with E-state index in [1.54, 1.807) is 0 Å². The lowest BCUT2D eigenvalue weighted by molar-refractivity contribution is 0.665. The Hall–Kier alpha value is -6.78. The average Bonchev–Trinajstić information content (AvgIpc) is 3.77. The third-order valence-corrected chi connectivity index (χ3v) is 9.63. The van der Waals surface area contributed by atoms with E-state index < -0.39 is 0 Å². The van der Waals surface area contributed by atoms with Gasteiger partial charge in [-0.2, -0.15) is 0 Å². The molecule has 0 aliphatic heterocycles. The van der Waals surface area contributed by atoms with Crippen LogP contribution in [0, 0.1) is 0 Å². The van der Waals surface area contributed by atoms with Crippen LogP contribution in [0.5, 0.6) is 0 Å². The summed E-state index contributed by atoms with van der Waals surface area (Å²) < 4.78 is 13.3. The molecule has 0 bridgehead atoms. The predicted octanol–water partition coefficient (Wildman–Crippen LogP) is 12.6. The molecule has 10 rings (SSSR count). The zero-order valence-corrected chi connectivity index (χ0v) is 26.9. The fourth-order valence-corrected chi connectivity index (χ4v) is 7.27. The van der Waals surface area contributed by atoms with Crippen LogP contribution in [0.4, 0.5) is 0 Å². The van der Waals surface area contributed by atoms with Gasteiger partial charge in [0.15, 0.2) is 0 Å². The van der Waals surface area contributed by atoms with Crippen LogP contribution >= 0.6 is 0 Å². The van der Waals surface area contributed by atoms with Crippen LogP contribution in [0.25, 0.3) is 99.6 Å². The summed E-state index contributed by atoms with van der Waals surface area (Å²) in [5, 5.41) is 4.37. The lowest BCUT2D eigenvalue weighted by atomic mass is 9.93. The van der Waals surface area contributed by atoms with Gasteiger partial charge in [-0.25, -0.2) is 0 Å². The van der Waals surface area contributed by atoms with Crippen LogP contribution in [0.15, 0.2) is 179 Å². The maximum Gasteiger partial charge on any atom is 0.143 e. The Bertz CT molecular complexity index is 2810. The molecule has 4 heteroatoms. The van der Waals surface area contributed by atoms with Crippen molar-refractivity contribution in [2.75, 3.05) is 0 Å². The maximum atomic E-state index is 6.89. The van der Waals surface area contributed by atoms with Crippen LogP contribution in [-0.2, 0) is 0 Å². The number of hydrogen-bond acceptors (Lipinski definition) is 4. The molecular formula is C46H28N2O2. The molecule has 0 unspecified atom stereocenters. The molecule has 0 fully saturated rings. The molecule has 0 atom stereocenters. The summed E-state index contributed by atoms with van der Waals surface area (Å²) in [7, 11) is 0. The third-order valence-electron chi connectivity index (χ3n) is 9.63. The molecule has 10 aromatic rings. The number of aromatic nitrogens is 2. The average molecular weight is 641 g/mol. The first-order valence-corrected chi connectivity index (χ1v) is 16.7. The predicted molar refractivity (Wildman–Crippen MR) is 204 cm³/mol. The molecule has 0 amide bonds. The van der Waals surface area contributed by atoms with Crippen molar-refractivity contribution in [1.29, 1.82) is 0 Å². The number of para-hydroxylation sites is 4. The fourth-order valence-electron chi connectivity index (χ4n) is 7.27. The van der Waals surface area contributed by atoms with E-state index in [9.17, 15) is 0 Å². The summed E-state index contributed by atoms with van der Waals surface area (Å²) in [5.41, 5.74) is 14.1. The summed E-state index contributed by atoms with van der Waals surface area (Å²) in [4.78, 5) is 8.90. The summed E-state index contributed by atoms with van der Waals surface area (Å²) in [6.07, 6.45) is 5.50. The molecule has 4 heterocycles. The highest BCUT2D eigenvalue weighted by atomic mass is 16.3. The topological polar surface area (TPSA) is 52.1 Å². The second-order valence-electron chi connectivity index (χ2n) is 12.6. The zero-order valence-electron chi connectivity index (χ0n) is 26.9. The van der Waals surface area contributed by atoms with Crippen molar-refractivity contribution in [2.45, 2.75) is 0 Å². The van der Waals surface area contributed by atoms with Gasteiger partial charge in [0.2, 0.25) is 0 Å². The third kappa shape index (κ3) is 4.61. The van der Waals surface area contributed by atoms with Crippen LogP contribution < -0.4 is 0 Å². The first kappa shape index (κ1) is 28.3. The quantitative estimate of drug-likeness (QED) is 0.188. The van der Waals surface area contributed by atoms with Crippen LogP contribution in [-0.4, -0.2) is 9.97 Å². The number of nitrogens with zero attached hydrogens (tertiary/aromatic N) is 2. The standard InChI is InChI=1S/C46H28N2O2/c1-2-19-43-36(11-1)37-13-7-15-39(45(37)49-43)41-17-8-16-40-38-14-6-12-35(44(38)50-46(40)41)31-10-5-9-30(25-31)33-26-32(29-20-23-47-24-21-29)27-34(28-33)42-18-3-4-22-48-42/h1-28H. The molecule has 0 saturated heterocycles. The van der Waals surface area contributed by atoms with Crippen molar-refractivity contribution in [3.05, 3.63) is 170 Å². The Morgan fingerprint density at radius 3 is 1.66 bits per heavy atom. The molecule has 4 aromatic heterocycles. The first-order chi connectivity index (χ1) is 24.8. The number of rotatable bonds is 5. The van der Waals surface area contributed by atoms with E-state index in [1.165, 1.54) is 0 Å². The Kier molecular flexibility index (Phi) is 6.46. The van der Waals surface area contributed by atoms with E-state index in [2.05, 4.69) is 125 Å². The van der Waals surface area contributed by atoms with Gasteiger partial charge >= 0.3 is 0 Å². The first-order valence-electron chi connectivity index (χ1n) is 16.7. The minimum atomic E-state index is 0.851. The molecule has 234 valence electrons. The van der Waals surface area contributed by atoms with E-state index >= 15 is 0 Å². The molecular weight excluding hydrogens is 613 g/mol. The Labute approximate surface area is 287 Å². The smallest absolute Gasteiger partial charge is 0.143 e. The van der Waals surface area contributed by atoms with Gasteiger partial charge in [0.25, 0.3) is 0 Å². The second-order valence-corrected chi connectivity index (χ2v) is 12.6. The SMILES string of the molecule is c1ccc(-c2cc(-c3ccncc3)cc(-c3cccc(-c4cccc5c4oc4c(-c6cccc7c6oc6ccccc67)cccc45)c3)c2)nc1. The van der Waals surface area contributed by atoms with Crippen molar-refractivity contribution >= 4 is 43.9 Å². The number of hydrogen-bond donors (Lipinski definition) is 0. The highest BCUT2D eigenvalue weighted by Crippen LogP contribution is 2.43. The van der Waals surface area contributed by atoms with Gasteiger partial charge in [-0.15, -0.1) is 0 Å². The van der Waals surface area contributed by atoms with E-state index in [0.29, 0.717) is 0 Å². The van der Waals surface area contributed by atoms with Gasteiger partial charge in [0, 0.05) is 62.4 Å². The lowest BCUT2D eigenvalue weighted by Gasteiger charge is -2.12. The van der Waals surface area contributed by atoms with Gasteiger partial charge in [-0.3, -0.25) is 9.97 Å². The number of furan rings is 2. The highest BCUT2D eigenvalue weighted by Gasteiger charge is 2.19. The molecule has 0 aliphatic carbocycles. The van der Waals surface area contributed by atoms with Gasteiger partial charge in [-0.1, -0.05) is 97.1 Å². The van der Waals surface area contributed by atoms with Gasteiger partial charge in [-0.05, 0) is 82.4 Å². The fraction of sp³-hybridized carbons (Fsp3) is 0. The van der Waals surface area contributed by atoms with Gasteiger partial charge in [0.1, 0.15) is 22.3 Å². The second kappa shape index (κ2) is 11.4. The number of benzene rings is 6. The van der Waals surface area contributed by atoms with Crippen molar-refractivity contribution < 1.29 is 8.83 Å². The van der Waals surface area contributed by atoms with Gasteiger partial charge in [0.05, 0.1) is 5.69 Å².